The maximum Gasteiger partial charge on any atom is 0.226 e. The summed E-state index contributed by atoms with van der Waals surface area (Å²) in [4.78, 5) is 0. The molecule has 0 bridgehead atoms. The van der Waals surface area contributed by atoms with Crippen molar-refractivity contribution in [3.05, 3.63) is 107 Å². The first-order chi connectivity index (χ1) is 16.2. The maximum atomic E-state index is 5.88. The third-order valence-corrected chi connectivity index (χ3v) is 6.36. The van der Waals surface area contributed by atoms with Crippen LogP contribution in [0.25, 0.3) is 17.1 Å². The van der Waals surface area contributed by atoms with Crippen molar-refractivity contribution in [1.29, 1.82) is 0 Å². The molecule has 164 valence electrons. The Morgan fingerprint density at radius 2 is 1.48 bits per heavy atom. The summed E-state index contributed by atoms with van der Waals surface area (Å²) in [5.41, 5.74) is 5.65. The van der Waals surface area contributed by atoms with Crippen LogP contribution in [0.5, 0.6) is 0 Å². The quantitative estimate of drug-likeness (QED) is 0.289. The molecule has 0 saturated heterocycles. The smallest absolute Gasteiger partial charge is 0.226 e. The number of nitrogens with zero attached hydrogens (tertiary/aromatic N) is 5. The molecule has 0 unspecified atom stereocenters. The van der Waals surface area contributed by atoms with Crippen molar-refractivity contribution in [3.8, 4) is 17.1 Å². The van der Waals surface area contributed by atoms with Gasteiger partial charge in [0.15, 0.2) is 11.0 Å². The molecule has 0 aliphatic heterocycles. The van der Waals surface area contributed by atoms with E-state index in [0.717, 1.165) is 27.8 Å². The number of hydrogen-bond donors (Lipinski definition) is 0. The predicted octanol–water partition coefficient (Wildman–Crippen LogP) is 5.82. The van der Waals surface area contributed by atoms with Crippen LogP contribution in [-0.2, 0) is 12.2 Å². The van der Waals surface area contributed by atoms with Gasteiger partial charge in [0.1, 0.15) is 0 Å². The van der Waals surface area contributed by atoms with E-state index in [1.807, 2.05) is 48.5 Å². The van der Waals surface area contributed by atoms with Crippen LogP contribution in [0.1, 0.15) is 28.5 Å². The fourth-order valence-electron chi connectivity index (χ4n) is 3.55. The minimum absolute atomic E-state index is 0.513. The molecule has 0 amide bonds. The summed E-state index contributed by atoms with van der Waals surface area (Å²) < 4.78 is 7.97. The molecule has 3 aromatic carbocycles. The van der Waals surface area contributed by atoms with E-state index < -0.39 is 0 Å². The van der Waals surface area contributed by atoms with Gasteiger partial charge in [0.25, 0.3) is 0 Å². The molecule has 0 atom stereocenters. The summed E-state index contributed by atoms with van der Waals surface area (Å²) in [6.45, 7) is 4.23. The molecule has 5 rings (SSSR count). The van der Waals surface area contributed by atoms with Gasteiger partial charge in [-0.2, -0.15) is 0 Å². The minimum Gasteiger partial charge on any atom is -0.424 e. The average Bonchev–Trinajstić information content (AvgIpc) is 3.47. The van der Waals surface area contributed by atoms with Crippen LogP contribution in [-0.4, -0.2) is 25.0 Å². The van der Waals surface area contributed by atoms with E-state index in [0.29, 0.717) is 24.0 Å². The average molecular weight is 454 g/mol. The lowest BCUT2D eigenvalue weighted by Crippen LogP contribution is -2.01. The van der Waals surface area contributed by atoms with Gasteiger partial charge in [0, 0.05) is 5.56 Å². The van der Waals surface area contributed by atoms with Gasteiger partial charge in [-0.3, -0.25) is 4.57 Å². The van der Waals surface area contributed by atoms with Crippen LogP contribution in [0.3, 0.4) is 0 Å². The molecule has 0 N–H and O–H groups in total. The molecule has 0 radical (unpaired) electrons. The highest BCUT2D eigenvalue weighted by Gasteiger charge is 2.18. The summed E-state index contributed by atoms with van der Waals surface area (Å²) in [5.74, 6) is 2.50. The SMILES string of the molecule is Cc1ccc(-n2c(SCc3nnc(Cc4ccccc4)o3)nnc2-c2ccccc2)cc1C. The molecule has 6 nitrogen and oxygen atoms in total. The van der Waals surface area contributed by atoms with Gasteiger partial charge in [0.05, 0.1) is 17.9 Å². The van der Waals surface area contributed by atoms with Crippen molar-refractivity contribution in [1.82, 2.24) is 25.0 Å². The molecule has 5 aromatic rings. The van der Waals surface area contributed by atoms with E-state index in [2.05, 4.69) is 69.1 Å². The molecule has 2 heterocycles. The van der Waals surface area contributed by atoms with Gasteiger partial charge >= 0.3 is 0 Å². The van der Waals surface area contributed by atoms with Crippen LogP contribution in [0.15, 0.2) is 88.4 Å². The lowest BCUT2D eigenvalue weighted by molar-refractivity contribution is 0.474. The predicted molar refractivity (Wildman–Crippen MR) is 129 cm³/mol. The molecule has 7 heteroatoms. The van der Waals surface area contributed by atoms with Crippen LogP contribution < -0.4 is 0 Å². The Morgan fingerprint density at radius 3 is 2.24 bits per heavy atom. The van der Waals surface area contributed by atoms with E-state index in [4.69, 9.17) is 4.42 Å². The molecule has 2 aromatic heterocycles. The van der Waals surface area contributed by atoms with E-state index >= 15 is 0 Å². The summed E-state index contributed by atoms with van der Waals surface area (Å²) in [6.07, 6.45) is 0.621. The molecule has 33 heavy (non-hydrogen) atoms. The van der Waals surface area contributed by atoms with Gasteiger partial charge in [-0.1, -0.05) is 78.5 Å². The Kier molecular flexibility index (Phi) is 6.04. The Hall–Kier alpha value is -3.71. The zero-order valence-electron chi connectivity index (χ0n) is 18.5. The van der Waals surface area contributed by atoms with Crippen LogP contribution >= 0.6 is 11.8 Å². The fraction of sp³-hybridized carbons (Fsp3) is 0.154. The molecule has 0 aliphatic rings. The number of aryl methyl sites for hydroxylation is 2. The van der Waals surface area contributed by atoms with Crippen molar-refractivity contribution >= 4 is 11.8 Å². The number of aromatic nitrogens is 5. The molecule has 0 saturated carbocycles. The van der Waals surface area contributed by atoms with E-state index in [9.17, 15) is 0 Å². The van der Waals surface area contributed by atoms with Crippen LogP contribution in [0.4, 0.5) is 0 Å². The van der Waals surface area contributed by atoms with E-state index in [1.54, 1.807) is 0 Å². The first kappa shape index (κ1) is 21.2. The third-order valence-electron chi connectivity index (χ3n) is 5.45. The zero-order valence-corrected chi connectivity index (χ0v) is 19.3. The van der Waals surface area contributed by atoms with Crippen molar-refractivity contribution in [2.45, 2.75) is 31.2 Å². The highest BCUT2D eigenvalue weighted by molar-refractivity contribution is 7.98. The maximum absolute atomic E-state index is 5.88. The van der Waals surface area contributed by atoms with Gasteiger partial charge < -0.3 is 4.42 Å². The molecule has 0 aliphatic carbocycles. The highest BCUT2D eigenvalue weighted by atomic mass is 32.2. The second-order valence-corrected chi connectivity index (χ2v) is 8.76. The molecular weight excluding hydrogens is 430 g/mol. The Balaban J connectivity index is 1.41. The Labute approximate surface area is 196 Å². The normalized spacial score (nSPS) is 11.1. The second kappa shape index (κ2) is 9.42. The van der Waals surface area contributed by atoms with E-state index in [1.165, 1.54) is 22.9 Å². The molecule has 0 fully saturated rings. The van der Waals surface area contributed by atoms with Crippen molar-refractivity contribution < 1.29 is 4.42 Å². The molecule has 0 spiro atoms. The number of thioether (sulfide) groups is 1. The minimum atomic E-state index is 0.513. The standard InChI is InChI=1S/C26H23N5OS/c1-18-13-14-22(15-19(18)2)31-25(21-11-7-4-8-12-21)29-30-26(31)33-17-24-28-27-23(32-24)16-20-9-5-3-6-10-20/h3-15H,16-17H2,1-2H3. The topological polar surface area (TPSA) is 69.6 Å². The molecular formula is C26H23N5OS. The summed E-state index contributed by atoms with van der Waals surface area (Å²) in [5, 5.41) is 18.2. The van der Waals surface area contributed by atoms with Gasteiger partial charge in [-0.25, -0.2) is 0 Å². The number of benzene rings is 3. The van der Waals surface area contributed by atoms with Crippen molar-refractivity contribution in [3.63, 3.8) is 0 Å². The third kappa shape index (κ3) is 4.73. The monoisotopic (exact) mass is 453 g/mol. The first-order valence-electron chi connectivity index (χ1n) is 10.7. The van der Waals surface area contributed by atoms with Crippen LogP contribution in [0, 0.1) is 13.8 Å². The zero-order chi connectivity index (χ0) is 22.6. The Morgan fingerprint density at radius 1 is 0.758 bits per heavy atom. The second-order valence-electron chi connectivity index (χ2n) is 7.82. The van der Waals surface area contributed by atoms with Gasteiger partial charge in [-0.05, 0) is 42.7 Å². The number of hydrogen-bond acceptors (Lipinski definition) is 6. The van der Waals surface area contributed by atoms with E-state index in [-0.39, 0.29) is 0 Å². The lowest BCUT2D eigenvalue weighted by atomic mass is 10.1. The fourth-order valence-corrected chi connectivity index (χ4v) is 4.34. The van der Waals surface area contributed by atoms with Crippen molar-refractivity contribution in [2.24, 2.45) is 0 Å². The van der Waals surface area contributed by atoms with Gasteiger partial charge in [-0.15, -0.1) is 20.4 Å². The Bertz CT molecular complexity index is 1360. The lowest BCUT2D eigenvalue weighted by Gasteiger charge is -2.12. The summed E-state index contributed by atoms with van der Waals surface area (Å²) in [6, 6.07) is 26.6. The summed E-state index contributed by atoms with van der Waals surface area (Å²) >= 11 is 1.53. The number of rotatable bonds is 7. The largest absolute Gasteiger partial charge is 0.424 e. The van der Waals surface area contributed by atoms with Gasteiger partial charge in [0.2, 0.25) is 11.8 Å². The van der Waals surface area contributed by atoms with Crippen LogP contribution in [0.2, 0.25) is 0 Å². The first-order valence-corrected chi connectivity index (χ1v) is 11.7. The van der Waals surface area contributed by atoms with Crippen molar-refractivity contribution in [2.75, 3.05) is 0 Å². The summed E-state index contributed by atoms with van der Waals surface area (Å²) in [7, 11) is 0. The highest BCUT2D eigenvalue weighted by Crippen LogP contribution is 2.30.